The summed E-state index contributed by atoms with van der Waals surface area (Å²) in [6, 6.07) is 16.5. The highest BCUT2D eigenvalue weighted by atomic mass is 35.5. The lowest BCUT2D eigenvalue weighted by Gasteiger charge is -2.05. The molecule has 0 atom stereocenters. The summed E-state index contributed by atoms with van der Waals surface area (Å²) < 4.78 is 10.7. The van der Waals surface area contributed by atoms with Crippen LogP contribution in [0.5, 0.6) is 0 Å². The first kappa shape index (κ1) is 22.2. The van der Waals surface area contributed by atoms with Gasteiger partial charge in [-0.25, -0.2) is 4.79 Å². The van der Waals surface area contributed by atoms with Crippen molar-refractivity contribution in [3.8, 4) is 17.4 Å². The van der Waals surface area contributed by atoms with Crippen molar-refractivity contribution in [3.05, 3.63) is 81.5 Å². The number of rotatable bonds is 6. The van der Waals surface area contributed by atoms with Crippen molar-refractivity contribution in [3.63, 3.8) is 0 Å². The molecule has 1 amide bonds. The van der Waals surface area contributed by atoms with Gasteiger partial charge in [0.15, 0.2) is 0 Å². The third-order valence-electron chi connectivity index (χ3n) is 4.14. The second-order valence-electron chi connectivity index (χ2n) is 6.25. The number of nitrogens with one attached hydrogen (secondary N) is 1. The molecular formula is C23H16Cl2N2O4. The standard InChI is InChI=1S/C23H16Cl2N2O4/c1-2-30-23(29)15-5-3-14(4-6-15)21-10-8-18(31-21)11-16(13-26)22(28)27-17-7-9-19(24)20(25)12-17/h3-12H,2H2,1H3,(H,27,28)/b16-11-. The number of nitrogens with zero attached hydrogens (tertiary/aromatic N) is 1. The number of carbonyl (C=O) groups excluding carboxylic acids is 2. The number of esters is 1. The lowest BCUT2D eigenvalue weighted by Crippen LogP contribution is -2.13. The zero-order chi connectivity index (χ0) is 22.4. The van der Waals surface area contributed by atoms with E-state index in [1.165, 1.54) is 12.1 Å². The van der Waals surface area contributed by atoms with Gasteiger partial charge in [-0.1, -0.05) is 35.3 Å². The van der Waals surface area contributed by atoms with Crippen LogP contribution in [0.15, 0.2) is 64.6 Å². The van der Waals surface area contributed by atoms with E-state index in [0.29, 0.717) is 34.4 Å². The summed E-state index contributed by atoms with van der Waals surface area (Å²) in [5.74, 6) is -0.171. The first-order valence-corrected chi connectivity index (χ1v) is 9.92. The topological polar surface area (TPSA) is 92.3 Å². The third-order valence-corrected chi connectivity index (χ3v) is 4.88. The number of carbonyl (C=O) groups is 2. The van der Waals surface area contributed by atoms with E-state index in [4.69, 9.17) is 32.4 Å². The average molecular weight is 455 g/mol. The van der Waals surface area contributed by atoms with Gasteiger partial charge in [0.1, 0.15) is 23.2 Å². The van der Waals surface area contributed by atoms with Crippen LogP contribution < -0.4 is 5.32 Å². The van der Waals surface area contributed by atoms with Crippen LogP contribution in [0.25, 0.3) is 17.4 Å². The summed E-state index contributed by atoms with van der Waals surface area (Å²) >= 11 is 11.8. The second-order valence-corrected chi connectivity index (χ2v) is 7.07. The van der Waals surface area contributed by atoms with Crippen LogP contribution in [-0.4, -0.2) is 18.5 Å². The molecule has 1 heterocycles. The summed E-state index contributed by atoms with van der Waals surface area (Å²) in [5, 5.41) is 12.6. The van der Waals surface area contributed by atoms with Gasteiger partial charge in [-0.2, -0.15) is 5.26 Å². The van der Waals surface area contributed by atoms with Crippen LogP contribution >= 0.6 is 23.2 Å². The highest BCUT2D eigenvalue weighted by Crippen LogP contribution is 2.26. The van der Waals surface area contributed by atoms with Crippen molar-refractivity contribution < 1.29 is 18.7 Å². The maximum atomic E-state index is 12.4. The third kappa shape index (κ3) is 5.54. The minimum atomic E-state index is -0.613. The maximum Gasteiger partial charge on any atom is 0.338 e. The summed E-state index contributed by atoms with van der Waals surface area (Å²) in [5.41, 5.74) is 1.42. The van der Waals surface area contributed by atoms with E-state index in [1.807, 2.05) is 6.07 Å². The Bertz CT molecular complexity index is 1190. The van der Waals surface area contributed by atoms with Gasteiger partial charge in [-0.05, 0) is 49.4 Å². The van der Waals surface area contributed by atoms with E-state index < -0.39 is 11.9 Å². The monoisotopic (exact) mass is 454 g/mol. The molecule has 0 fully saturated rings. The first-order valence-electron chi connectivity index (χ1n) is 9.17. The number of nitriles is 1. The fourth-order valence-corrected chi connectivity index (χ4v) is 2.93. The number of ether oxygens (including phenoxy) is 1. The van der Waals surface area contributed by atoms with E-state index in [9.17, 15) is 14.9 Å². The predicted molar refractivity (Wildman–Crippen MR) is 119 cm³/mol. The highest BCUT2D eigenvalue weighted by molar-refractivity contribution is 6.42. The Morgan fingerprint density at radius 3 is 2.48 bits per heavy atom. The molecule has 1 N–H and O–H groups in total. The van der Waals surface area contributed by atoms with Crippen molar-refractivity contribution in [2.75, 3.05) is 11.9 Å². The van der Waals surface area contributed by atoms with Gasteiger partial charge in [0.25, 0.3) is 5.91 Å². The van der Waals surface area contributed by atoms with Crippen LogP contribution in [0.2, 0.25) is 10.0 Å². The number of anilines is 1. The Kier molecular flexibility index (Phi) is 7.14. The lowest BCUT2D eigenvalue weighted by atomic mass is 10.1. The molecule has 0 unspecified atom stereocenters. The van der Waals surface area contributed by atoms with Crippen LogP contribution in [-0.2, 0) is 9.53 Å². The molecule has 8 heteroatoms. The largest absolute Gasteiger partial charge is 0.462 e. The summed E-state index contributed by atoms with van der Waals surface area (Å²) in [6.07, 6.45) is 1.34. The summed E-state index contributed by atoms with van der Waals surface area (Å²) in [7, 11) is 0. The zero-order valence-corrected chi connectivity index (χ0v) is 17.8. The van der Waals surface area contributed by atoms with Gasteiger partial charge in [0.2, 0.25) is 0 Å². The number of hydrogen-bond acceptors (Lipinski definition) is 5. The fraction of sp³-hybridized carbons (Fsp3) is 0.0870. The molecule has 0 spiro atoms. The molecule has 1 aromatic heterocycles. The Morgan fingerprint density at radius 2 is 1.84 bits per heavy atom. The van der Waals surface area contributed by atoms with E-state index >= 15 is 0 Å². The second kappa shape index (κ2) is 9.98. The van der Waals surface area contributed by atoms with Gasteiger partial charge in [0.05, 0.1) is 22.2 Å². The SMILES string of the molecule is CCOC(=O)c1ccc(-c2ccc(/C=C(/C#N)C(=O)Nc3ccc(Cl)c(Cl)c3)o2)cc1. The normalized spacial score (nSPS) is 11.0. The molecule has 0 radical (unpaired) electrons. The van der Waals surface area contributed by atoms with Gasteiger partial charge < -0.3 is 14.5 Å². The van der Waals surface area contributed by atoms with Crippen molar-refractivity contribution in [2.45, 2.75) is 6.92 Å². The molecule has 0 aliphatic carbocycles. The molecular weight excluding hydrogens is 439 g/mol. The minimum Gasteiger partial charge on any atom is -0.462 e. The maximum absolute atomic E-state index is 12.4. The smallest absolute Gasteiger partial charge is 0.338 e. The van der Waals surface area contributed by atoms with Crippen molar-refractivity contribution in [1.29, 1.82) is 5.26 Å². The summed E-state index contributed by atoms with van der Waals surface area (Å²) in [4.78, 5) is 24.2. The predicted octanol–water partition coefficient (Wildman–Crippen LogP) is 5.98. The first-order chi connectivity index (χ1) is 14.9. The fourth-order valence-electron chi connectivity index (χ4n) is 2.63. The quantitative estimate of drug-likeness (QED) is 0.281. The molecule has 0 aliphatic heterocycles. The van der Waals surface area contributed by atoms with Crippen LogP contribution in [0.3, 0.4) is 0 Å². The zero-order valence-electron chi connectivity index (χ0n) is 16.3. The minimum absolute atomic E-state index is 0.148. The van der Waals surface area contributed by atoms with Gasteiger partial charge in [0, 0.05) is 17.3 Å². The Labute approximate surface area is 188 Å². The van der Waals surface area contributed by atoms with E-state index in [0.717, 1.165) is 5.56 Å². The molecule has 6 nitrogen and oxygen atoms in total. The highest BCUT2D eigenvalue weighted by Gasteiger charge is 2.13. The molecule has 0 saturated heterocycles. The van der Waals surface area contributed by atoms with E-state index in [2.05, 4.69) is 5.32 Å². The number of amides is 1. The van der Waals surface area contributed by atoms with Crippen LogP contribution in [0.1, 0.15) is 23.0 Å². The van der Waals surface area contributed by atoms with Crippen molar-refractivity contribution in [1.82, 2.24) is 0 Å². The van der Waals surface area contributed by atoms with E-state index in [1.54, 1.807) is 55.5 Å². The van der Waals surface area contributed by atoms with Crippen LogP contribution in [0, 0.1) is 11.3 Å². The molecule has 0 bridgehead atoms. The van der Waals surface area contributed by atoms with Crippen molar-refractivity contribution in [2.24, 2.45) is 0 Å². The number of furan rings is 1. The molecule has 2 aromatic carbocycles. The van der Waals surface area contributed by atoms with Crippen LogP contribution in [0.4, 0.5) is 5.69 Å². The Morgan fingerprint density at radius 1 is 1.10 bits per heavy atom. The molecule has 3 aromatic rings. The molecule has 156 valence electrons. The number of hydrogen-bond donors (Lipinski definition) is 1. The molecule has 3 rings (SSSR count). The van der Waals surface area contributed by atoms with Gasteiger partial charge in [-0.15, -0.1) is 0 Å². The Balaban J connectivity index is 1.75. The van der Waals surface area contributed by atoms with Crippen molar-refractivity contribution >= 4 is 46.8 Å². The average Bonchev–Trinajstić information content (AvgIpc) is 3.23. The Hall–Kier alpha value is -3.53. The van der Waals surface area contributed by atoms with Gasteiger partial charge in [-0.3, -0.25) is 4.79 Å². The van der Waals surface area contributed by atoms with Gasteiger partial charge >= 0.3 is 5.97 Å². The lowest BCUT2D eigenvalue weighted by molar-refractivity contribution is -0.112. The summed E-state index contributed by atoms with van der Waals surface area (Å²) in [6.45, 7) is 2.04. The number of halogens is 2. The van der Waals surface area contributed by atoms with E-state index in [-0.39, 0.29) is 10.6 Å². The molecule has 0 aliphatic rings. The molecule has 0 saturated carbocycles. The molecule has 31 heavy (non-hydrogen) atoms. The number of benzene rings is 2.